The summed E-state index contributed by atoms with van der Waals surface area (Å²) < 4.78 is 0. The molecule has 0 aromatic heterocycles. The maximum Gasteiger partial charge on any atom is 0.0534 e. The minimum Gasteiger partial charge on any atom is -0.310 e. The lowest BCUT2D eigenvalue weighted by Gasteiger charge is -2.18. The first-order chi connectivity index (χ1) is 7.70. The third-order valence-corrected chi connectivity index (χ3v) is 3.39. The van der Waals surface area contributed by atoms with Gasteiger partial charge in [0, 0.05) is 10.0 Å². The molecular formula is C13H15Cl2N. The quantitative estimate of drug-likeness (QED) is 0.792. The predicted octanol–water partition coefficient (Wildman–Crippen LogP) is 4.36. The summed E-state index contributed by atoms with van der Waals surface area (Å²) >= 11 is 12.1. The number of rotatable bonds is 3. The van der Waals surface area contributed by atoms with Crippen molar-refractivity contribution in [3.63, 3.8) is 0 Å². The molecule has 0 heterocycles. The molecule has 86 valence electrons. The number of nitrogens with one attached hydrogen (secondary N) is 1. The fourth-order valence-electron chi connectivity index (χ4n) is 2.27. The van der Waals surface area contributed by atoms with E-state index in [0.29, 0.717) is 10.0 Å². The van der Waals surface area contributed by atoms with Crippen LogP contribution < -0.4 is 5.32 Å². The molecule has 1 aliphatic rings. The van der Waals surface area contributed by atoms with E-state index in [1.807, 2.05) is 19.2 Å². The zero-order valence-corrected chi connectivity index (χ0v) is 10.8. The summed E-state index contributed by atoms with van der Waals surface area (Å²) in [5.41, 5.74) is 2.59. The van der Waals surface area contributed by atoms with Gasteiger partial charge in [-0.25, -0.2) is 0 Å². The van der Waals surface area contributed by atoms with Crippen LogP contribution in [0.5, 0.6) is 0 Å². The molecule has 2 rings (SSSR count). The van der Waals surface area contributed by atoms with Gasteiger partial charge >= 0.3 is 0 Å². The average Bonchev–Trinajstić information content (AvgIpc) is 2.70. The number of hydrogen-bond donors (Lipinski definition) is 1. The molecule has 1 unspecified atom stereocenters. The predicted molar refractivity (Wildman–Crippen MR) is 70.2 cm³/mol. The molecule has 0 bridgehead atoms. The van der Waals surface area contributed by atoms with E-state index in [1.54, 1.807) is 6.07 Å². The summed E-state index contributed by atoms with van der Waals surface area (Å²) in [6, 6.07) is 5.97. The van der Waals surface area contributed by atoms with Gasteiger partial charge in [0.05, 0.1) is 6.04 Å². The third kappa shape index (κ3) is 2.60. The van der Waals surface area contributed by atoms with Gasteiger partial charge in [0.25, 0.3) is 0 Å². The van der Waals surface area contributed by atoms with Gasteiger partial charge in [0.1, 0.15) is 0 Å². The van der Waals surface area contributed by atoms with E-state index in [2.05, 4.69) is 11.4 Å². The molecule has 0 radical (unpaired) electrons. The Labute approximate surface area is 106 Å². The largest absolute Gasteiger partial charge is 0.310 e. The van der Waals surface area contributed by atoms with E-state index < -0.39 is 0 Å². The number of hydrogen-bond acceptors (Lipinski definition) is 1. The zero-order valence-electron chi connectivity index (χ0n) is 9.26. The van der Waals surface area contributed by atoms with Crippen LogP contribution in [-0.4, -0.2) is 7.05 Å². The highest BCUT2D eigenvalue weighted by Gasteiger charge is 2.17. The maximum absolute atomic E-state index is 6.03. The van der Waals surface area contributed by atoms with Crippen LogP contribution in [0.1, 0.15) is 30.9 Å². The second kappa shape index (κ2) is 5.22. The number of likely N-dealkylation sites (N-methyl/N-ethyl adjacent to an activating group) is 1. The SMILES string of the molecule is CNC(C1=CCCC1)c1cc(Cl)cc(Cl)c1. The smallest absolute Gasteiger partial charge is 0.0534 e. The normalized spacial score (nSPS) is 17.3. The van der Waals surface area contributed by atoms with Crippen molar-refractivity contribution in [2.45, 2.75) is 25.3 Å². The minimum absolute atomic E-state index is 0.249. The Morgan fingerprint density at radius 2 is 1.88 bits per heavy atom. The van der Waals surface area contributed by atoms with E-state index >= 15 is 0 Å². The molecule has 0 saturated heterocycles. The van der Waals surface area contributed by atoms with Crippen LogP contribution in [0.15, 0.2) is 29.8 Å². The molecule has 1 N–H and O–H groups in total. The monoisotopic (exact) mass is 255 g/mol. The van der Waals surface area contributed by atoms with Gasteiger partial charge < -0.3 is 5.32 Å². The first kappa shape index (κ1) is 12.0. The van der Waals surface area contributed by atoms with Crippen LogP contribution in [0.4, 0.5) is 0 Å². The van der Waals surface area contributed by atoms with Crippen LogP contribution >= 0.6 is 23.2 Å². The van der Waals surface area contributed by atoms with Crippen molar-refractivity contribution in [3.05, 3.63) is 45.5 Å². The Balaban J connectivity index is 2.32. The Kier molecular flexibility index (Phi) is 3.91. The zero-order chi connectivity index (χ0) is 11.5. The third-order valence-electron chi connectivity index (χ3n) is 2.95. The van der Waals surface area contributed by atoms with E-state index in [-0.39, 0.29) is 6.04 Å². The second-order valence-corrected chi connectivity index (χ2v) is 4.97. The topological polar surface area (TPSA) is 12.0 Å². The molecule has 1 aromatic carbocycles. The second-order valence-electron chi connectivity index (χ2n) is 4.10. The van der Waals surface area contributed by atoms with E-state index in [1.165, 1.54) is 18.4 Å². The van der Waals surface area contributed by atoms with Gasteiger partial charge in [-0.15, -0.1) is 0 Å². The Bertz CT molecular complexity index is 392. The van der Waals surface area contributed by atoms with Crippen LogP contribution in [0, 0.1) is 0 Å². The highest BCUT2D eigenvalue weighted by atomic mass is 35.5. The van der Waals surface area contributed by atoms with Crippen LogP contribution in [0.3, 0.4) is 0 Å². The minimum atomic E-state index is 0.249. The molecular weight excluding hydrogens is 241 g/mol. The molecule has 1 aromatic rings. The first-order valence-corrected chi connectivity index (χ1v) is 6.28. The van der Waals surface area contributed by atoms with Crippen molar-refractivity contribution >= 4 is 23.2 Å². The summed E-state index contributed by atoms with van der Waals surface area (Å²) in [5.74, 6) is 0. The molecule has 0 saturated carbocycles. The summed E-state index contributed by atoms with van der Waals surface area (Å²) in [5, 5.41) is 4.72. The van der Waals surface area contributed by atoms with Crippen molar-refractivity contribution < 1.29 is 0 Å². The van der Waals surface area contributed by atoms with E-state index in [4.69, 9.17) is 23.2 Å². The van der Waals surface area contributed by atoms with Crippen molar-refractivity contribution in [3.8, 4) is 0 Å². The van der Waals surface area contributed by atoms with Gasteiger partial charge in [-0.3, -0.25) is 0 Å². The first-order valence-electron chi connectivity index (χ1n) is 5.53. The summed E-state index contributed by atoms with van der Waals surface area (Å²) in [6.07, 6.45) is 5.91. The van der Waals surface area contributed by atoms with E-state index in [0.717, 1.165) is 12.0 Å². The molecule has 1 nitrogen and oxygen atoms in total. The van der Waals surface area contributed by atoms with Crippen LogP contribution in [0.25, 0.3) is 0 Å². The lowest BCUT2D eigenvalue weighted by Crippen LogP contribution is -2.18. The van der Waals surface area contributed by atoms with Crippen molar-refractivity contribution in [1.29, 1.82) is 0 Å². The molecule has 16 heavy (non-hydrogen) atoms. The maximum atomic E-state index is 6.03. The summed E-state index contributed by atoms with van der Waals surface area (Å²) in [7, 11) is 1.97. The Morgan fingerprint density at radius 3 is 2.38 bits per heavy atom. The van der Waals surface area contributed by atoms with Crippen molar-refractivity contribution in [2.24, 2.45) is 0 Å². The van der Waals surface area contributed by atoms with Crippen molar-refractivity contribution in [2.75, 3.05) is 7.05 Å². The van der Waals surface area contributed by atoms with Gasteiger partial charge in [0.2, 0.25) is 0 Å². The number of halogens is 2. The molecule has 1 aliphatic carbocycles. The van der Waals surface area contributed by atoms with Gasteiger partial charge in [-0.1, -0.05) is 34.9 Å². The lowest BCUT2D eigenvalue weighted by molar-refractivity contribution is 0.656. The fraction of sp³-hybridized carbons (Fsp3) is 0.385. The number of benzene rings is 1. The molecule has 0 aliphatic heterocycles. The Morgan fingerprint density at radius 1 is 1.19 bits per heavy atom. The van der Waals surface area contributed by atoms with Gasteiger partial charge in [-0.05, 0) is 50.1 Å². The molecule has 0 fully saturated rings. The average molecular weight is 256 g/mol. The summed E-state index contributed by atoms with van der Waals surface area (Å²) in [4.78, 5) is 0. The van der Waals surface area contributed by atoms with Gasteiger partial charge in [0.15, 0.2) is 0 Å². The molecule has 0 amide bonds. The highest BCUT2D eigenvalue weighted by Crippen LogP contribution is 2.32. The van der Waals surface area contributed by atoms with Gasteiger partial charge in [-0.2, -0.15) is 0 Å². The van der Waals surface area contributed by atoms with E-state index in [9.17, 15) is 0 Å². The lowest BCUT2D eigenvalue weighted by atomic mass is 9.98. The Hall–Kier alpha value is -0.500. The van der Waals surface area contributed by atoms with Crippen LogP contribution in [-0.2, 0) is 0 Å². The molecule has 3 heteroatoms. The fourth-order valence-corrected chi connectivity index (χ4v) is 2.81. The number of allylic oxidation sites excluding steroid dienone is 1. The molecule has 0 spiro atoms. The standard InChI is InChI=1S/C13H15Cl2N/c1-16-13(9-4-2-3-5-9)10-6-11(14)8-12(15)7-10/h4,6-8,13,16H,2-3,5H2,1H3. The molecule has 1 atom stereocenters. The highest BCUT2D eigenvalue weighted by molar-refractivity contribution is 6.34. The van der Waals surface area contributed by atoms with Crippen LogP contribution in [0.2, 0.25) is 10.0 Å². The summed E-state index contributed by atoms with van der Waals surface area (Å²) in [6.45, 7) is 0. The van der Waals surface area contributed by atoms with Crippen molar-refractivity contribution in [1.82, 2.24) is 5.32 Å².